The molecule has 0 atom stereocenters. The Hall–Kier alpha value is -4.26. The van der Waals surface area contributed by atoms with Gasteiger partial charge in [0.2, 0.25) is 0 Å². The lowest BCUT2D eigenvalue weighted by Gasteiger charge is -2.09. The maximum atomic E-state index is 13.3. The lowest BCUT2D eigenvalue weighted by atomic mass is 10.0. The van der Waals surface area contributed by atoms with Crippen LogP contribution in [0.3, 0.4) is 0 Å². The highest BCUT2D eigenvalue weighted by molar-refractivity contribution is 6.07. The molecule has 154 valence electrons. The number of carbonyl (C=O) groups excluding carboxylic acids is 1. The molecule has 0 spiro atoms. The van der Waals surface area contributed by atoms with Crippen molar-refractivity contribution in [1.29, 1.82) is 0 Å². The Morgan fingerprint density at radius 2 is 1.87 bits per heavy atom. The first-order chi connectivity index (χ1) is 15.0. The van der Waals surface area contributed by atoms with Crippen LogP contribution in [0.25, 0.3) is 22.2 Å². The lowest BCUT2D eigenvalue weighted by molar-refractivity contribution is 0.0956. The second kappa shape index (κ2) is 8.62. The zero-order chi connectivity index (χ0) is 21.8. The van der Waals surface area contributed by atoms with Crippen LogP contribution in [0.5, 0.6) is 11.5 Å². The summed E-state index contributed by atoms with van der Waals surface area (Å²) in [6.07, 6.45) is 1.42. The van der Waals surface area contributed by atoms with Gasteiger partial charge in [-0.3, -0.25) is 4.79 Å². The number of phenols is 1. The molecule has 0 saturated heterocycles. The van der Waals surface area contributed by atoms with Crippen molar-refractivity contribution in [2.75, 3.05) is 7.11 Å². The number of para-hydroxylation sites is 1. The first kappa shape index (κ1) is 20.0. The van der Waals surface area contributed by atoms with Crippen LogP contribution in [0.1, 0.15) is 15.9 Å². The van der Waals surface area contributed by atoms with Crippen molar-refractivity contribution in [3.05, 3.63) is 89.7 Å². The van der Waals surface area contributed by atoms with Crippen molar-refractivity contribution in [1.82, 2.24) is 10.4 Å². The molecule has 0 bridgehead atoms. The second-order valence-corrected chi connectivity index (χ2v) is 6.71. The molecule has 0 fully saturated rings. The van der Waals surface area contributed by atoms with Gasteiger partial charge in [-0.1, -0.05) is 18.2 Å². The molecule has 0 aliphatic rings. The number of benzene rings is 3. The molecule has 0 aliphatic carbocycles. The third kappa shape index (κ3) is 4.35. The van der Waals surface area contributed by atoms with Gasteiger partial charge in [0.15, 0.2) is 11.5 Å². The number of hydrogen-bond acceptors (Lipinski definition) is 5. The Kier molecular flexibility index (Phi) is 5.57. The summed E-state index contributed by atoms with van der Waals surface area (Å²) >= 11 is 0. The minimum Gasteiger partial charge on any atom is -0.504 e. The van der Waals surface area contributed by atoms with E-state index in [0.717, 1.165) is 0 Å². The van der Waals surface area contributed by atoms with Crippen molar-refractivity contribution in [3.63, 3.8) is 0 Å². The maximum Gasteiger partial charge on any atom is 0.272 e. The molecule has 2 N–H and O–H groups in total. The molecule has 4 aromatic rings. The third-order valence-corrected chi connectivity index (χ3v) is 4.68. The SMILES string of the molecule is COc1ccc(/C=N\NC(=O)c2cc(-c3ccc(F)cc3)nc3ccccc23)cc1O. The molecule has 0 radical (unpaired) electrons. The zero-order valence-corrected chi connectivity index (χ0v) is 16.5. The number of halogens is 1. The van der Waals surface area contributed by atoms with Crippen LogP contribution in [0.15, 0.2) is 77.9 Å². The molecule has 1 aromatic heterocycles. The van der Waals surface area contributed by atoms with Gasteiger partial charge >= 0.3 is 0 Å². The molecular weight excluding hydrogens is 397 g/mol. The van der Waals surface area contributed by atoms with E-state index >= 15 is 0 Å². The minimum atomic E-state index is -0.420. The molecule has 0 aliphatic heterocycles. The van der Waals surface area contributed by atoms with Gasteiger partial charge in [0, 0.05) is 10.9 Å². The third-order valence-electron chi connectivity index (χ3n) is 4.68. The van der Waals surface area contributed by atoms with E-state index in [0.29, 0.717) is 39.0 Å². The average Bonchev–Trinajstić information content (AvgIpc) is 2.79. The Bertz CT molecular complexity index is 1290. The van der Waals surface area contributed by atoms with Gasteiger partial charge < -0.3 is 9.84 Å². The fraction of sp³-hybridized carbons (Fsp3) is 0.0417. The number of fused-ring (bicyclic) bond motifs is 1. The normalized spacial score (nSPS) is 11.0. The van der Waals surface area contributed by atoms with Gasteiger partial charge in [0.25, 0.3) is 5.91 Å². The molecule has 3 aromatic carbocycles. The number of hydrogen-bond donors (Lipinski definition) is 2. The molecule has 7 heteroatoms. The van der Waals surface area contributed by atoms with Crippen molar-refractivity contribution in [2.24, 2.45) is 5.10 Å². The molecule has 31 heavy (non-hydrogen) atoms. The van der Waals surface area contributed by atoms with Crippen LogP contribution in [0.4, 0.5) is 4.39 Å². The number of carbonyl (C=O) groups is 1. The second-order valence-electron chi connectivity index (χ2n) is 6.71. The van der Waals surface area contributed by atoms with Crippen molar-refractivity contribution < 1.29 is 19.0 Å². The van der Waals surface area contributed by atoms with Crippen molar-refractivity contribution >= 4 is 23.0 Å². The molecule has 1 amide bonds. The molecule has 1 heterocycles. The van der Waals surface area contributed by atoms with E-state index in [-0.39, 0.29) is 11.6 Å². The predicted octanol–water partition coefficient (Wildman–Crippen LogP) is 4.52. The van der Waals surface area contributed by atoms with E-state index in [1.165, 1.54) is 31.5 Å². The highest BCUT2D eigenvalue weighted by Crippen LogP contribution is 2.26. The summed E-state index contributed by atoms with van der Waals surface area (Å²) in [6.45, 7) is 0. The number of nitrogens with zero attached hydrogens (tertiary/aromatic N) is 2. The van der Waals surface area contributed by atoms with Crippen LogP contribution < -0.4 is 10.2 Å². The fourth-order valence-corrected chi connectivity index (χ4v) is 3.14. The lowest BCUT2D eigenvalue weighted by Crippen LogP contribution is -2.18. The number of aromatic hydroxyl groups is 1. The topological polar surface area (TPSA) is 83.8 Å². The number of phenolic OH excluding ortho intramolecular Hbond substituents is 1. The zero-order valence-electron chi connectivity index (χ0n) is 16.5. The monoisotopic (exact) mass is 415 g/mol. The minimum absolute atomic E-state index is 0.0261. The fourth-order valence-electron chi connectivity index (χ4n) is 3.14. The van der Waals surface area contributed by atoms with Gasteiger partial charge in [-0.15, -0.1) is 0 Å². The van der Waals surface area contributed by atoms with E-state index in [4.69, 9.17) is 4.74 Å². The number of rotatable bonds is 5. The van der Waals surface area contributed by atoms with Crippen molar-refractivity contribution in [3.8, 4) is 22.8 Å². The summed E-state index contributed by atoms with van der Waals surface area (Å²) in [6, 6.07) is 19.6. The molecule has 0 saturated carbocycles. The van der Waals surface area contributed by atoms with Crippen molar-refractivity contribution in [2.45, 2.75) is 0 Å². The van der Waals surface area contributed by atoms with Crippen LogP contribution in [0, 0.1) is 5.82 Å². The van der Waals surface area contributed by atoms with E-state index in [2.05, 4.69) is 15.5 Å². The summed E-state index contributed by atoms with van der Waals surface area (Å²) in [5.41, 5.74) is 5.36. The molecular formula is C24H18FN3O3. The van der Waals surface area contributed by atoms with Crippen LogP contribution in [-0.2, 0) is 0 Å². The number of pyridine rings is 1. The van der Waals surface area contributed by atoms with Gasteiger partial charge in [0.05, 0.1) is 30.1 Å². The van der Waals surface area contributed by atoms with Gasteiger partial charge in [-0.2, -0.15) is 5.10 Å². The van der Waals surface area contributed by atoms with Gasteiger partial charge in [0.1, 0.15) is 5.82 Å². The Balaban J connectivity index is 1.64. The van der Waals surface area contributed by atoms with Gasteiger partial charge in [-0.05, 0) is 60.2 Å². The quantitative estimate of drug-likeness (QED) is 0.371. The van der Waals surface area contributed by atoms with E-state index in [9.17, 15) is 14.3 Å². The average molecular weight is 415 g/mol. The largest absolute Gasteiger partial charge is 0.504 e. The summed E-state index contributed by atoms with van der Waals surface area (Å²) < 4.78 is 18.3. The number of aromatic nitrogens is 1. The first-order valence-corrected chi connectivity index (χ1v) is 9.41. The number of amides is 1. The van der Waals surface area contributed by atoms with E-state index in [1.807, 2.05) is 18.2 Å². The number of nitrogens with one attached hydrogen (secondary N) is 1. The predicted molar refractivity (Wildman–Crippen MR) is 117 cm³/mol. The van der Waals surface area contributed by atoms with E-state index < -0.39 is 5.91 Å². The van der Waals surface area contributed by atoms with Crippen LogP contribution in [0.2, 0.25) is 0 Å². The standard InChI is InChI=1S/C24H18FN3O3/c1-31-23-11-6-15(12-22(23)29)14-26-28-24(30)19-13-21(16-7-9-17(25)10-8-16)27-20-5-3-2-4-18(19)20/h2-14,29H,1H3,(H,28,30)/b26-14-. The van der Waals surface area contributed by atoms with Crippen LogP contribution >= 0.6 is 0 Å². The smallest absolute Gasteiger partial charge is 0.272 e. The maximum absolute atomic E-state index is 13.3. The highest BCUT2D eigenvalue weighted by atomic mass is 19.1. The van der Waals surface area contributed by atoms with Gasteiger partial charge in [-0.25, -0.2) is 14.8 Å². The van der Waals surface area contributed by atoms with Crippen LogP contribution in [-0.4, -0.2) is 29.3 Å². The number of methoxy groups -OCH3 is 1. The summed E-state index contributed by atoms with van der Waals surface area (Å²) in [4.78, 5) is 17.5. The Morgan fingerprint density at radius 3 is 2.61 bits per heavy atom. The van der Waals surface area contributed by atoms with E-state index in [1.54, 1.807) is 36.4 Å². The number of hydrazone groups is 1. The summed E-state index contributed by atoms with van der Waals surface area (Å²) in [5.74, 6) is -0.447. The highest BCUT2D eigenvalue weighted by Gasteiger charge is 2.13. The Morgan fingerprint density at radius 1 is 1.10 bits per heavy atom. The Labute approximate surface area is 177 Å². The summed E-state index contributed by atoms with van der Waals surface area (Å²) in [5, 5.41) is 14.5. The summed E-state index contributed by atoms with van der Waals surface area (Å²) in [7, 11) is 1.46. The first-order valence-electron chi connectivity index (χ1n) is 9.41. The number of ether oxygens (including phenoxy) is 1. The molecule has 6 nitrogen and oxygen atoms in total. The molecule has 0 unspecified atom stereocenters. The molecule has 4 rings (SSSR count).